The normalized spacial score (nSPS) is 16.7. The molecule has 1 unspecified atom stereocenters. The summed E-state index contributed by atoms with van der Waals surface area (Å²) in [5.74, 6) is -1.13. The number of rotatable bonds is 10. The largest absolute Gasteiger partial charge is 0.481 e. The van der Waals surface area contributed by atoms with E-state index in [1.54, 1.807) is 0 Å². The molecule has 0 bridgehead atoms. The van der Waals surface area contributed by atoms with E-state index in [2.05, 4.69) is 34.9 Å². The molecule has 2 aromatic rings. The number of hydrogen-bond donors (Lipinski definition) is 3. The van der Waals surface area contributed by atoms with Crippen LogP contribution in [0.1, 0.15) is 68.9 Å². The molecular weight excluding hydrogens is 444 g/mol. The molecule has 2 aromatic carbocycles. The summed E-state index contributed by atoms with van der Waals surface area (Å²) >= 11 is 0. The quantitative estimate of drug-likeness (QED) is 0.453. The monoisotopic (exact) mass is 478 g/mol. The summed E-state index contributed by atoms with van der Waals surface area (Å²) in [5.41, 5.74) is 3.90. The first-order valence-electron chi connectivity index (χ1n) is 12.5. The molecule has 0 aliphatic heterocycles. The lowest BCUT2D eigenvalue weighted by Gasteiger charge is -2.30. The lowest BCUT2D eigenvalue weighted by molar-refractivity contribution is -0.138. The maximum atomic E-state index is 13.2. The number of carboxylic acids is 1. The molecule has 2 amide bonds. The number of amides is 2. The van der Waals surface area contributed by atoms with Gasteiger partial charge in [-0.2, -0.15) is 0 Å². The van der Waals surface area contributed by atoms with Gasteiger partial charge in [0.1, 0.15) is 6.61 Å². The Morgan fingerprint density at radius 1 is 1.03 bits per heavy atom. The molecule has 3 N–H and O–H groups in total. The minimum absolute atomic E-state index is 0.0253. The van der Waals surface area contributed by atoms with E-state index >= 15 is 0 Å². The lowest BCUT2D eigenvalue weighted by atomic mass is 9.84. The topological polar surface area (TPSA) is 105 Å². The summed E-state index contributed by atoms with van der Waals surface area (Å²) < 4.78 is 5.64. The number of benzene rings is 2. The van der Waals surface area contributed by atoms with E-state index in [-0.39, 0.29) is 31.4 Å². The Bertz CT molecular complexity index is 1030. The minimum Gasteiger partial charge on any atom is -0.481 e. The van der Waals surface area contributed by atoms with Crippen LogP contribution in [-0.4, -0.2) is 42.3 Å². The highest BCUT2D eigenvalue weighted by atomic mass is 16.5. The number of hydrogen-bond acceptors (Lipinski definition) is 4. The molecule has 0 aromatic heterocycles. The van der Waals surface area contributed by atoms with Crippen molar-refractivity contribution in [1.82, 2.24) is 10.6 Å². The van der Waals surface area contributed by atoms with Crippen LogP contribution in [0.3, 0.4) is 0 Å². The number of carbonyl (C=O) groups excluding carboxylic acids is 2. The summed E-state index contributed by atoms with van der Waals surface area (Å²) in [4.78, 5) is 37.1. The molecule has 4 rings (SSSR count). The summed E-state index contributed by atoms with van der Waals surface area (Å²) in [6.07, 6.45) is 3.87. The van der Waals surface area contributed by atoms with Crippen LogP contribution in [0.4, 0.5) is 4.79 Å². The molecule has 7 heteroatoms. The molecule has 0 saturated heterocycles. The van der Waals surface area contributed by atoms with Crippen molar-refractivity contribution >= 4 is 18.0 Å². The van der Waals surface area contributed by atoms with Crippen LogP contribution < -0.4 is 10.6 Å². The second-order valence-electron chi connectivity index (χ2n) is 9.72. The molecule has 0 heterocycles. The van der Waals surface area contributed by atoms with Crippen molar-refractivity contribution in [1.29, 1.82) is 0 Å². The molecule has 2 aliphatic carbocycles. The highest BCUT2D eigenvalue weighted by Crippen LogP contribution is 2.44. The Kier molecular flexibility index (Phi) is 7.73. The molecule has 186 valence electrons. The van der Waals surface area contributed by atoms with Gasteiger partial charge in [0, 0.05) is 18.5 Å². The first-order valence-corrected chi connectivity index (χ1v) is 12.5. The van der Waals surface area contributed by atoms with Gasteiger partial charge in [0.25, 0.3) is 0 Å². The first-order chi connectivity index (χ1) is 16.9. The standard InChI is InChI=1S/C28H34N2O5/c1-2-9-19(16-25(31)32)30-26(33)28(14-7-8-15-28)18-29-27(34)35-17-24-22-12-5-3-10-20(22)21-11-4-6-13-23(21)24/h3-6,10-13,19,24H,2,7-9,14-18H2,1H3,(H,29,34)(H,30,33)(H,31,32). The highest BCUT2D eigenvalue weighted by Gasteiger charge is 2.42. The summed E-state index contributed by atoms with van der Waals surface area (Å²) in [6, 6.07) is 15.9. The molecule has 0 spiro atoms. The Morgan fingerprint density at radius 2 is 1.63 bits per heavy atom. The Hall–Kier alpha value is -3.35. The first kappa shape index (κ1) is 24.8. The molecule has 1 saturated carbocycles. The average molecular weight is 479 g/mol. The number of nitrogens with one attached hydrogen (secondary N) is 2. The van der Waals surface area contributed by atoms with Gasteiger partial charge in [0.15, 0.2) is 0 Å². The van der Waals surface area contributed by atoms with Crippen molar-refractivity contribution in [3.63, 3.8) is 0 Å². The third-order valence-electron chi connectivity index (χ3n) is 7.35. The number of fused-ring (bicyclic) bond motifs is 3. The van der Waals surface area contributed by atoms with E-state index in [0.717, 1.165) is 30.4 Å². The fourth-order valence-corrected chi connectivity index (χ4v) is 5.55. The molecule has 7 nitrogen and oxygen atoms in total. The van der Waals surface area contributed by atoms with Crippen LogP contribution in [0.5, 0.6) is 0 Å². The van der Waals surface area contributed by atoms with Crippen LogP contribution in [0.15, 0.2) is 48.5 Å². The smallest absolute Gasteiger partial charge is 0.407 e. The van der Waals surface area contributed by atoms with Crippen molar-refractivity contribution in [2.45, 2.75) is 63.8 Å². The average Bonchev–Trinajstić information content (AvgIpc) is 3.45. The van der Waals surface area contributed by atoms with Crippen molar-refractivity contribution in [2.75, 3.05) is 13.2 Å². The molecule has 0 radical (unpaired) electrons. The molecule has 1 fully saturated rings. The lowest BCUT2D eigenvalue weighted by Crippen LogP contribution is -2.50. The number of carboxylic acid groups (broad SMARTS) is 1. The maximum absolute atomic E-state index is 13.2. The Morgan fingerprint density at radius 3 is 2.20 bits per heavy atom. The number of alkyl carbamates (subject to hydrolysis) is 1. The van der Waals surface area contributed by atoms with Gasteiger partial charge in [-0.25, -0.2) is 4.79 Å². The van der Waals surface area contributed by atoms with Gasteiger partial charge in [0.05, 0.1) is 11.8 Å². The highest BCUT2D eigenvalue weighted by molar-refractivity contribution is 5.85. The minimum atomic E-state index is -0.930. The van der Waals surface area contributed by atoms with Gasteiger partial charge in [-0.15, -0.1) is 0 Å². The summed E-state index contributed by atoms with van der Waals surface area (Å²) in [6.45, 7) is 2.36. The van der Waals surface area contributed by atoms with Crippen molar-refractivity contribution in [2.24, 2.45) is 5.41 Å². The van der Waals surface area contributed by atoms with Crippen molar-refractivity contribution in [3.05, 3.63) is 59.7 Å². The van der Waals surface area contributed by atoms with Crippen LogP contribution >= 0.6 is 0 Å². The zero-order valence-corrected chi connectivity index (χ0v) is 20.2. The Balaban J connectivity index is 1.36. The van der Waals surface area contributed by atoms with E-state index in [9.17, 15) is 19.5 Å². The van der Waals surface area contributed by atoms with Gasteiger partial charge in [-0.3, -0.25) is 9.59 Å². The molecule has 1 atom stereocenters. The predicted molar refractivity (Wildman–Crippen MR) is 133 cm³/mol. The van der Waals surface area contributed by atoms with Gasteiger partial charge in [0.2, 0.25) is 5.91 Å². The Labute approximate surface area is 206 Å². The summed E-state index contributed by atoms with van der Waals surface area (Å²) in [5, 5.41) is 14.9. The third-order valence-corrected chi connectivity index (χ3v) is 7.35. The van der Waals surface area contributed by atoms with E-state index in [4.69, 9.17) is 4.74 Å². The molecule has 2 aliphatic rings. The maximum Gasteiger partial charge on any atom is 0.407 e. The predicted octanol–water partition coefficient (Wildman–Crippen LogP) is 4.85. The van der Waals surface area contributed by atoms with Crippen LogP contribution in [0, 0.1) is 5.41 Å². The van der Waals surface area contributed by atoms with Crippen LogP contribution in [-0.2, 0) is 14.3 Å². The van der Waals surface area contributed by atoms with Gasteiger partial charge < -0.3 is 20.5 Å². The zero-order chi connectivity index (χ0) is 24.8. The fourth-order valence-electron chi connectivity index (χ4n) is 5.55. The number of aliphatic carboxylic acids is 1. The van der Waals surface area contributed by atoms with E-state index in [0.29, 0.717) is 19.3 Å². The van der Waals surface area contributed by atoms with Crippen molar-refractivity contribution < 1.29 is 24.2 Å². The molecular formula is C28H34N2O5. The third kappa shape index (κ3) is 5.50. The second-order valence-corrected chi connectivity index (χ2v) is 9.72. The van der Waals surface area contributed by atoms with Gasteiger partial charge in [-0.05, 0) is 41.5 Å². The zero-order valence-electron chi connectivity index (χ0n) is 20.2. The second kappa shape index (κ2) is 10.9. The SMILES string of the molecule is CCCC(CC(=O)O)NC(=O)C1(CNC(=O)OCC2c3ccccc3-c3ccccc32)CCCC1. The van der Waals surface area contributed by atoms with Gasteiger partial charge >= 0.3 is 12.1 Å². The van der Waals surface area contributed by atoms with Crippen LogP contribution in [0.2, 0.25) is 0 Å². The van der Waals surface area contributed by atoms with E-state index < -0.39 is 23.5 Å². The fraction of sp³-hybridized carbons (Fsp3) is 0.464. The summed E-state index contributed by atoms with van der Waals surface area (Å²) in [7, 11) is 0. The number of carbonyl (C=O) groups is 3. The van der Waals surface area contributed by atoms with Gasteiger partial charge in [-0.1, -0.05) is 74.7 Å². The van der Waals surface area contributed by atoms with Crippen LogP contribution in [0.25, 0.3) is 11.1 Å². The molecule has 35 heavy (non-hydrogen) atoms. The number of ether oxygens (including phenoxy) is 1. The van der Waals surface area contributed by atoms with E-state index in [1.165, 1.54) is 11.1 Å². The van der Waals surface area contributed by atoms with E-state index in [1.807, 2.05) is 31.2 Å². The van der Waals surface area contributed by atoms with Crippen molar-refractivity contribution in [3.8, 4) is 11.1 Å².